The smallest absolute Gasteiger partial charge is 0.204 e. The summed E-state index contributed by atoms with van der Waals surface area (Å²) in [4.78, 5) is 0. The van der Waals surface area contributed by atoms with E-state index in [1.165, 1.54) is 6.08 Å². The van der Waals surface area contributed by atoms with Crippen LogP contribution in [0.15, 0.2) is 29.3 Å². The number of piperidine rings is 1. The highest BCUT2D eigenvalue weighted by atomic mass is 19.1. The highest BCUT2D eigenvalue weighted by Crippen LogP contribution is 2.28. The molecule has 1 aliphatic carbocycles. The van der Waals surface area contributed by atoms with Crippen LogP contribution in [0.5, 0.6) is 0 Å². The molecule has 2 aliphatic rings. The third-order valence-electron chi connectivity index (χ3n) is 2.55. The maximum atomic E-state index is 13.3. The second kappa shape index (κ2) is 4.07. The monoisotopic (exact) mass is 196 g/mol. The summed E-state index contributed by atoms with van der Waals surface area (Å²) in [6.45, 7) is 0.898. The van der Waals surface area contributed by atoms with E-state index in [-0.39, 0.29) is 6.04 Å². The summed E-state index contributed by atoms with van der Waals surface area (Å²) in [5.41, 5.74) is 3.13. The first-order valence-corrected chi connectivity index (χ1v) is 4.87. The highest BCUT2D eigenvalue weighted by Gasteiger charge is 2.25. The molecule has 1 saturated heterocycles. The molecule has 1 fully saturated rings. The fraction of sp³-hybridized carbons (Fsp3) is 0.455. The van der Waals surface area contributed by atoms with Crippen LogP contribution in [0.4, 0.5) is 8.78 Å². The van der Waals surface area contributed by atoms with Gasteiger partial charge in [-0.2, -0.15) is 0 Å². The zero-order valence-corrected chi connectivity index (χ0v) is 7.82. The molecule has 0 aromatic heterocycles. The lowest BCUT2D eigenvalue weighted by Gasteiger charge is -2.25. The largest absolute Gasteiger partial charge is 0.310 e. The van der Waals surface area contributed by atoms with E-state index in [2.05, 4.69) is 11.0 Å². The molecule has 14 heavy (non-hydrogen) atoms. The fourth-order valence-electron chi connectivity index (χ4n) is 1.82. The third kappa shape index (κ3) is 1.94. The zero-order chi connectivity index (χ0) is 9.97. The SMILES string of the molecule is F[C]1C=C(F)C=C=C1C1CCCCN1. The average molecular weight is 196 g/mol. The van der Waals surface area contributed by atoms with E-state index in [4.69, 9.17) is 0 Å². The molecular weight excluding hydrogens is 184 g/mol. The Morgan fingerprint density at radius 1 is 1.36 bits per heavy atom. The van der Waals surface area contributed by atoms with Crippen LogP contribution in [0.2, 0.25) is 0 Å². The van der Waals surface area contributed by atoms with Gasteiger partial charge >= 0.3 is 0 Å². The van der Waals surface area contributed by atoms with Gasteiger partial charge in [-0.3, -0.25) is 0 Å². The minimum atomic E-state index is -0.568. The Bertz CT molecular complexity index is 307. The first-order chi connectivity index (χ1) is 6.77. The minimum Gasteiger partial charge on any atom is -0.310 e. The predicted molar refractivity (Wildman–Crippen MR) is 50.8 cm³/mol. The molecule has 1 heterocycles. The average Bonchev–Trinajstić information content (AvgIpc) is 2.19. The number of hydrogen-bond donors (Lipinski definition) is 1. The van der Waals surface area contributed by atoms with Gasteiger partial charge in [0.2, 0.25) is 6.17 Å². The van der Waals surface area contributed by atoms with Crippen molar-refractivity contribution in [1.29, 1.82) is 0 Å². The van der Waals surface area contributed by atoms with Crippen LogP contribution >= 0.6 is 0 Å². The number of rotatable bonds is 1. The van der Waals surface area contributed by atoms with Crippen molar-refractivity contribution in [2.24, 2.45) is 0 Å². The fourth-order valence-corrected chi connectivity index (χ4v) is 1.82. The molecule has 1 nitrogen and oxygen atoms in total. The summed E-state index contributed by atoms with van der Waals surface area (Å²) in [6, 6.07) is 0.00403. The van der Waals surface area contributed by atoms with Crippen molar-refractivity contribution < 1.29 is 8.78 Å². The van der Waals surface area contributed by atoms with E-state index < -0.39 is 12.0 Å². The lowest BCUT2D eigenvalue weighted by Crippen LogP contribution is -2.36. The molecule has 1 N–H and O–H groups in total. The third-order valence-corrected chi connectivity index (χ3v) is 2.55. The van der Waals surface area contributed by atoms with Gasteiger partial charge in [0, 0.05) is 17.7 Å². The molecule has 0 amide bonds. The molecule has 1 unspecified atom stereocenters. The molecule has 0 aromatic rings. The molecule has 0 saturated carbocycles. The predicted octanol–water partition coefficient (Wildman–Crippen LogP) is 2.58. The van der Waals surface area contributed by atoms with Gasteiger partial charge in [0.05, 0.1) is 0 Å². The Labute approximate surface area is 82.2 Å². The van der Waals surface area contributed by atoms with Crippen molar-refractivity contribution in [3.63, 3.8) is 0 Å². The van der Waals surface area contributed by atoms with Crippen LogP contribution in [0, 0.1) is 6.17 Å². The lowest BCUT2D eigenvalue weighted by molar-refractivity contribution is 0.416. The Kier molecular flexibility index (Phi) is 2.80. The molecule has 2 rings (SSSR count). The normalized spacial score (nSPS) is 28.6. The van der Waals surface area contributed by atoms with E-state index in [1.54, 1.807) is 0 Å². The highest BCUT2D eigenvalue weighted by molar-refractivity contribution is 5.39. The Balaban J connectivity index is 2.14. The van der Waals surface area contributed by atoms with E-state index >= 15 is 0 Å². The van der Waals surface area contributed by atoms with E-state index in [1.807, 2.05) is 0 Å². The summed E-state index contributed by atoms with van der Waals surface area (Å²) in [6.07, 6.45) is 4.72. The molecule has 1 aliphatic heterocycles. The van der Waals surface area contributed by atoms with Crippen LogP contribution in [-0.2, 0) is 0 Å². The van der Waals surface area contributed by atoms with Gasteiger partial charge in [0.25, 0.3) is 0 Å². The second-order valence-electron chi connectivity index (χ2n) is 3.58. The number of allylic oxidation sites excluding steroid dienone is 2. The summed E-state index contributed by atoms with van der Waals surface area (Å²) >= 11 is 0. The van der Waals surface area contributed by atoms with Crippen molar-refractivity contribution in [3.05, 3.63) is 35.5 Å². The Morgan fingerprint density at radius 2 is 2.21 bits per heavy atom. The van der Waals surface area contributed by atoms with Crippen LogP contribution in [0.3, 0.4) is 0 Å². The summed E-state index contributed by atoms with van der Waals surface area (Å²) < 4.78 is 25.9. The number of hydrogen-bond acceptors (Lipinski definition) is 1. The summed E-state index contributed by atoms with van der Waals surface area (Å²) in [5.74, 6) is -0.568. The van der Waals surface area contributed by atoms with Gasteiger partial charge in [0.15, 0.2) is 0 Å². The van der Waals surface area contributed by atoms with Gasteiger partial charge < -0.3 is 5.32 Å². The topological polar surface area (TPSA) is 12.0 Å². The van der Waals surface area contributed by atoms with Crippen molar-refractivity contribution in [3.8, 4) is 0 Å². The minimum absolute atomic E-state index is 0.00403. The number of nitrogens with one attached hydrogen (secondary N) is 1. The van der Waals surface area contributed by atoms with Gasteiger partial charge in [-0.1, -0.05) is 6.42 Å². The van der Waals surface area contributed by atoms with Gasteiger partial charge in [-0.05, 0) is 25.5 Å². The van der Waals surface area contributed by atoms with Crippen LogP contribution in [-0.4, -0.2) is 12.6 Å². The Hall–Kier alpha value is -0.920. The zero-order valence-electron chi connectivity index (χ0n) is 7.82. The molecule has 0 bridgehead atoms. The van der Waals surface area contributed by atoms with Crippen molar-refractivity contribution in [1.82, 2.24) is 5.32 Å². The van der Waals surface area contributed by atoms with E-state index in [9.17, 15) is 8.78 Å². The standard InChI is InChI=1S/C11H12F2N/c12-8-4-5-9(10(13)7-8)11-3-1-2-6-14-11/h4,7,11,14H,1-3,6H2. The molecule has 0 spiro atoms. The lowest BCUT2D eigenvalue weighted by atomic mass is 9.93. The Morgan fingerprint density at radius 3 is 2.86 bits per heavy atom. The second-order valence-corrected chi connectivity index (χ2v) is 3.58. The van der Waals surface area contributed by atoms with Gasteiger partial charge in [-0.15, -0.1) is 5.73 Å². The van der Waals surface area contributed by atoms with Crippen molar-refractivity contribution in [2.75, 3.05) is 6.54 Å². The first-order valence-electron chi connectivity index (χ1n) is 4.87. The maximum absolute atomic E-state index is 13.3. The van der Waals surface area contributed by atoms with Crippen LogP contribution < -0.4 is 5.32 Å². The van der Waals surface area contributed by atoms with Crippen LogP contribution in [0.1, 0.15) is 19.3 Å². The van der Waals surface area contributed by atoms with E-state index in [0.29, 0.717) is 5.57 Å². The molecule has 1 radical (unpaired) electrons. The van der Waals surface area contributed by atoms with Gasteiger partial charge in [0.1, 0.15) is 5.83 Å². The first kappa shape index (κ1) is 9.63. The van der Waals surface area contributed by atoms with Gasteiger partial charge in [-0.25, -0.2) is 8.78 Å². The maximum Gasteiger partial charge on any atom is 0.204 e. The quantitative estimate of drug-likeness (QED) is 0.635. The molecule has 0 aromatic carbocycles. The molecule has 75 valence electrons. The summed E-state index contributed by atoms with van der Waals surface area (Å²) in [7, 11) is 0. The molecular formula is C11H12F2N. The van der Waals surface area contributed by atoms with Crippen molar-refractivity contribution in [2.45, 2.75) is 25.3 Å². The number of halogens is 2. The molecule has 3 heteroatoms. The summed E-state index contributed by atoms with van der Waals surface area (Å²) in [5, 5.41) is 3.20. The van der Waals surface area contributed by atoms with E-state index in [0.717, 1.165) is 31.9 Å². The molecule has 1 atom stereocenters. The van der Waals surface area contributed by atoms with Crippen LogP contribution in [0.25, 0.3) is 0 Å². The van der Waals surface area contributed by atoms with Crippen molar-refractivity contribution >= 4 is 0 Å².